The molecule has 1 aromatic carbocycles. The van der Waals surface area contributed by atoms with Crippen LogP contribution in [0.3, 0.4) is 0 Å². The molecule has 0 bridgehead atoms. The Morgan fingerprint density at radius 1 is 1.30 bits per heavy atom. The Kier molecular flexibility index (Phi) is 5.41. The molecule has 6 nitrogen and oxygen atoms in total. The third-order valence-electron chi connectivity index (χ3n) is 4.09. The SMILES string of the molecule is CS(=O)(=O)c1cccc(C(=O)N2CCCC[C@H]2CCC(=O)O)c1. The number of hydrogen-bond donors (Lipinski definition) is 1. The summed E-state index contributed by atoms with van der Waals surface area (Å²) in [6, 6.07) is 5.90. The predicted molar refractivity (Wildman–Crippen MR) is 85.1 cm³/mol. The highest BCUT2D eigenvalue weighted by atomic mass is 32.2. The molecule has 0 saturated carbocycles. The van der Waals surface area contributed by atoms with E-state index in [0.717, 1.165) is 25.5 Å². The van der Waals surface area contributed by atoms with Crippen LogP contribution in [0, 0.1) is 0 Å². The van der Waals surface area contributed by atoms with Crippen molar-refractivity contribution in [1.82, 2.24) is 4.90 Å². The van der Waals surface area contributed by atoms with Crippen LogP contribution in [0.1, 0.15) is 42.5 Å². The van der Waals surface area contributed by atoms with E-state index in [1.54, 1.807) is 17.0 Å². The lowest BCUT2D eigenvalue weighted by Crippen LogP contribution is -2.44. The fraction of sp³-hybridized carbons (Fsp3) is 0.500. The molecule has 1 aliphatic rings. The van der Waals surface area contributed by atoms with Crippen molar-refractivity contribution in [1.29, 1.82) is 0 Å². The van der Waals surface area contributed by atoms with E-state index in [1.807, 2.05) is 0 Å². The van der Waals surface area contributed by atoms with Crippen LogP contribution in [0.5, 0.6) is 0 Å². The van der Waals surface area contributed by atoms with Crippen LogP contribution < -0.4 is 0 Å². The number of rotatable bonds is 5. The second-order valence-corrected chi connectivity index (χ2v) is 7.90. The molecule has 1 saturated heterocycles. The molecule has 126 valence electrons. The fourth-order valence-corrected chi connectivity index (χ4v) is 3.55. The summed E-state index contributed by atoms with van der Waals surface area (Å²) in [6.07, 6.45) is 4.18. The lowest BCUT2D eigenvalue weighted by atomic mass is 9.97. The molecule has 1 N–H and O–H groups in total. The van der Waals surface area contributed by atoms with Gasteiger partial charge in [0.25, 0.3) is 5.91 Å². The van der Waals surface area contributed by atoms with Crippen LogP contribution in [0.4, 0.5) is 0 Å². The first kappa shape index (κ1) is 17.5. The number of likely N-dealkylation sites (tertiary alicyclic amines) is 1. The molecule has 1 amide bonds. The largest absolute Gasteiger partial charge is 0.481 e. The lowest BCUT2D eigenvalue weighted by molar-refractivity contribution is -0.137. The Labute approximate surface area is 136 Å². The summed E-state index contributed by atoms with van der Waals surface area (Å²) < 4.78 is 23.3. The zero-order valence-corrected chi connectivity index (χ0v) is 13.9. The number of benzene rings is 1. The van der Waals surface area contributed by atoms with E-state index in [9.17, 15) is 18.0 Å². The first-order chi connectivity index (χ1) is 10.8. The fourth-order valence-electron chi connectivity index (χ4n) is 2.88. The molecule has 1 aromatic rings. The number of aliphatic carboxylic acids is 1. The van der Waals surface area contributed by atoms with Gasteiger partial charge >= 0.3 is 5.97 Å². The van der Waals surface area contributed by atoms with Gasteiger partial charge in [0.15, 0.2) is 9.84 Å². The second kappa shape index (κ2) is 7.12. The van der Waals surface area contributed by atoms with Crippen LogP contribution in [0.2, 0.25) is 0 Å². The molecule has 23 heavy (non-hydrogen) atoms. The van der Waals surface area contributed by atoms with E-state index >= 15 is 0 Å². The standard InChI is InChI=1S/C16H21NO5S/c1-23(21,22)14-7-4-5-12(11-14)16(20)17-10-3-2-6-13(17)8-9-15(18)19/h4-5,7,11,13H,2-3,6,8-10H2,1H3,(H,18,19)/t13-/m0/s1. The maximum absolute atomic E-state index is 12.7. The number of nitrogens with zero attached hydrogens (tertiary/aromatic N) is 1. The van der Waals surface area contributed by atoms with E-state index in [1.165, 1.54) is 12.1 Å². The van der Waals surface area contributed by atoms with Crippen molar-refractivity contribution in [3.8, 4) is 0 Å². The van der Waals surface area contributed by atoms with Crippen LogP contribution in [-0.2, 0) is 14.6 Å². The molecule has 0 spiro atoms. The number of carboxylic acid groups (broad SMARTS) is 1. The summed E-state index contributed by atoms with van der Waals surface area (Å²) in [5.74, 6) is -1.10. The molecule has 7 heteroatoms. The Balaban J connectivity index is 2.21. The molecule has 1 atom stereocenters. The number of piperidine rings is 1. The molecular weight excluding hydrogens is 318 g/mol. The van der Waals surface area contributed by atoms with Gasteiger partial charge in [0, 0.05) is 30.8 Å². The minimum Gasteiger partial charge on any atom is -0.481 e. The van der Waals surface area contributed by atoms with Crippen molar-refractivity contribution in [3.63, 3.8) is 0 Å². The van der Waals surface area contributed by atoms with Gasteiger partial charge in [0.1, 0.15) is 0 Å². The number of amides is 1. The van der Waals surface area contributed by atoms with Gasteiger partial charge in [-0.3, -0.25) is 9.59 Å². The molecular formula is C16H21NO5S. The van der Waals surface area contributed by atoms with E-state index < -0.39 is 15.8 Å². The number of sulfone groups is 1. The summed E-state index contributed by atoms with van der Waals surface area (Å²) in [4.78, 5) is 25.3. The second-order valence-electron chi connectivity index (χ2n) is 5.88. The zero-order valence-electron chi connectivity index (χ0n) is 13.1. The van der Waals surface area contributed by atoms with Gasteiger partial charge in [-0.25, -0.2) is 8.42 Å². The average molecular weight is 339 g/mol. The number of hydrogen-bond acceptors (Lipinski definition) is 4. The molecule has 1 heterocycles. The van der Waals surface area contributed by atoms with Crippen molar-refractivity contribution in [2.24, 2.45) is 0 Å². The normalized spacial score (nSPS) is 18.7. The van der Waals surface area contributed by atoms with Crippen molar-refractivity contribution in [2.75, 3.05) is 12.8 Å². The van der Waals surface area contributed by atoms with Crippen molar-refractivity contribution in [2.45, 2.75) is 43.0 Å². The topological polar surface area (TPSA) is 91.8 Å². The summed E-state index contributed by atoms with van der Waals surface area (Å²) in [5, 5.41) is 8.84. The predicted octanol–water partition coefficient (Wildman–Crippen LogP) is 1.95. The van der Waals surface area contributed by atoms with Crippen molar-refractivity contribution in [3.05, 3.63) is 29.8 Å². The van der Waals surface area contributed by atoms with Gasteiger partial charge in [-0.15, -0.1) is 0 Å². The quantitative estimate of drug-likeness (QED) is 0.885. The van der Waals surface area contributed by atoms with E-state index in [2.05, 4.69) is 0 Å². The summed E-state index contributed by atoms with van der Waals surface area (Å²) >= 11 is 0. The molecule has 0 aliphatic carbocycles. The Bertz CT molecular complexity index is 698. The summed E-state index contributed by atoms with van der Waals surface area (Å²) in [5.41, 5.74) is 0.329. The highest BCUT2D eigenvalue weighted by molar-refractivity contribution is 7.90. The van der Waals surface area contributed by atoms with Gasteiger partial charge in [-0.2, -0.15) is 0 Å². The number of carbonyl (C=O) groups is 2. The van der Waals surface area contributed by atoms with E-state index in [-0.39, 0.29) is 23.3 Å². The van der Waals surface area contributed by atoms with Gasteiger partial charge < -0.3 is 10.0 Å². The molecule has 0 aromatic heterocycles. The lowest BCUT2D eigenvalue weighted by Gasteiger charge is -2.35. The van der Waals surface area contributed by atoms with Crippen LogP contribution in [-0.4, -0.2) is 49.1 Å². The third-order valence-corrected chi connectivity index (χ3v) is 5.20. The Morgan fingerprint density at radius 3 is 2.70 bits per heavy atom. The minimum absolute atomic E-state index is 0.0256. The van der Waals surface area contributed by atoms with Crippen LogP contribution >= 0.6 is 0 Å². The van der Waals surface area contributed by atoms with E-state index in [4.69, 9.17) is 5.11 Å². The minimum atomic E-state index is -3.37. The Morgan fingerprint density at radius 2 is 2.04 bits per heavy atom. The average Bonchev–Trinajstić information content (AvgIpc) is 2.52. The number of carbonyl (C=O) groups excluding carboxylic acids is 1. The van der Waals surface area contributed by atoms with Crippen molar-refractivity contribution < 1.29 is 23.1 Å². The van der Waals surface area contributed by atoms with Gasteiger partial charge in [0.05, 0.1) is 4.90 Å². The molecule has 2 rings (SSSR count). The summed E-state index contributed by atoms with van der Waals surface area (Å²) in [7, 11) is -3.37. The maximum atomic E-state index is 12.7. The number of carboxylic acids is 1. The molecule has 0 unspecified atom stereocenters. The van der Waals surface area contributed by atoms with Gasteiger partial charge in [-0.05, 0) is 43.9 Å². The van der Waals surface area contributed by atoms with Gasteiger partial charge in [0.2, 0.25) is 0 Å². The summed E-state index contributed by atoms with van der Waals surface area (Å²) in [6.45, 7) is 0.576. The molecule has 1 aliphatic heterocycles. The highest BCUT2D eigenvalue weighted by Crippen LogP contribution is 2.24. The van der Waals surface area contributed by atoms with Crippen LogP contribution in [0.25, 0.3) is 0 Å². The van der Waals surface area contributed by atoms with Gasteiger partial charge in [-0.1, -0.05) is 6.07 Å². The zero-order chi connectivity index (χ0) is 17.0. The molecule has 0 radical (unpaired) electrons. The highest BCUT2D eigenvalue weighted by Gasteiger charge is 2.28. The Hall–Kier alpha value is -1.89. The van der Waals surface area contributed by atoms with Crippen molar-refractivity contribution >= 4 is 21.7 Å². The smallest absolute Gasteiger partial charge is 0.303 e. The first-order valence-corrected chi connectivity index (χ1v) is 9.51. The maximum Gasteiger partial charge on any atom is 0.303 e. The first-order valence-electron chi connectivity index (χ1n) is 7.62. The molecule has 1 fully saturated rings. The third kappa shape index (κ3) is 4.54. The monoisotopic (exact) mass is 339 g/mol. The van der Waals surface area contributed by atoms with E-state index in [0.29, 0.717) is 18.5 Å². The van der Waals surface area contributed by atoms with Crippen LogP contribution in [0.15, 0.2) is 29.2 Å².